The Morgan fingerprint density at radius 1 is 0.970 bits per heavy atom. The van der Waals surface area contributed by atoms with Gasteiger partial charge in [0.25, 0.3) is 5.91 Å². The maximum Gasteiger partial charge on any atom is 0.339 e. The first-order chi connectivity index (χ1) is 16.1. The molecule has 0 saturated heterocycles. The smallest absolute Gasteiger partial charge is 0.339 e. The zero-order chi connectivity index (χ0) is 23.5. The number of hydrogen-bond donors (Lipinski definition) is 1. The van der Waals surface area contributed by atoms with Gasteiger partial charge in [0, 0.05) is 17.2 Å². The Balaban J connectivity index is 1.46. The highest BCUT2D eigenvalue weighted by Gasteiger charge is 2.14. The van der Waals surface area contributed by atoms with Gasteiger partial charge in [-0.1, -0.05) is 36.4 Å². The van der Waals surface area contributed by atoms with Crippen LogP contribution in [0.2, 0.25) is 0 Å². The molecule has 6 nitrogen and oxygen atoms in total. The van der Waals surface area contributed by atoms with Crippen LogP contribution in [0.5, 0.6) is 5.75 Å². The quantitative estimate of drug-likeness (QED) is 0.357. The Morgan fingerprint density at radius 2 is 1.67 bits per heavy atom. The summed E-state index contributed by atoms with van der Waals surface area (Å²) >= 11 is 1.50. The maximum atomic E-state index is 12.6. The highest BCUT2D eigenvalue weighted by atomic mass is 32.2. The van der Waals surface area contributed by atoms with Crippen molar-refractivity contribution in [3.8, 4) is 11.8 Å². The van der Waals surface area contributed by atoms with Gasteiger partial charge in [-0.05, 0) is 53.9 Å². The van der Waals surface area contributed by atoms with Gasteiger partial charge in [-0.2, -0.15) is 5.26 Å². The topological polar surface area (TPSA) is 88.4 Å². The molecule has 1 N–H and O–H groups in total. The largest absolute Gasteiger partial charge is 0.497 e. The summed E-state index contributed by atoms with van der Waals surface area (Å²) in [6.45, 7) is 0.107. The number of nitrogens with one attached hydrogen (secondary N) is 1. The molecule has 7 heteroatoms. The molecule has 0 aliphatic heterocycles. The zero-order valence-electron chi connectivity index (χ0n) is 18.2. The van der Waals surface area contributed by atoms with Crippen molar-refractivity contribution in [2.45, 2.75) is 17.1 Å². The SMILES string of the molecule is COc1ccc(CCNC(=O)COC(=O)c2ccccc2SCc2ccc(C#N)cc2)cc1. The van der Waals surface area contributed by atoms with Gasteiger partial charge in [-0.3, -0.25) is 4.79 Å². The van der Waals surface area contributed by atoms with Crippen molar-refractivity contribution >= 4 is 23.6 Å². The number of carbonyl (C=O) groups is 2. The highest BCUT2D eigenvalue weighted by Crippen LogP contribution is 2.27. The van der Waals surface area contributed by atoms with Crippen LogP contribution >= 0.6 is 11.8 Å². The van der Waals surface area contributed by atoms with Crippen LogP contribution in [-0.4, -0.2) is 32.1 Å². The van der Waals surface area contributed by atoms with Gasteiger partial charge in [0.1, 0.15) is 5.75 Å². The van der Waals surface area contributed by atoms with Crippen LogP contribution in [-0.2, 0) is 21.7 Å². The van der Waals surface area contributed by atoms with Gasteiger partial charge in [0.05, 0.1) is 24.3 Å². The average Bonchev–Trinajstić information content (AvgIpc) is 2.87. The standard InChI is InChI=1S/C26H24N2O4S/c1-31-22-12-10-19(11-13-22)14-15-28-25(29)17-32-26(30)23-4-2-3-5-24(23)33-18-21-8-6-20(16-27)7-9-21/h2-13H,14-15,17-18H2,1H3,(H,28,29). The lowest BCUT2D eigenvalue weighted by atomic mass is 10.1. The number of nitriles is 1. The molecule has 0 spiro atoms. The van der Waals surface area contributed by atoms with E-state index in [1.165, 1.54) is 11.8 Å². The second kappa shape index (κ2) is 12.3. The molecule has 0 bridgehead atoms. The second-order valence-corrected chi connectivity index (χ2v) is 8.13. The van der Waals surface area contributed by atoms with E-state index in [0.717, 1.165) is 21.8 Å². The summed E-state index contributed by atoms with van der Waals surface area (Å²) in [6, 6.07) is 24.2. The number of hydrogen-bond acceptors (Lipinski definition) is 6. The number of benzene rings is 3. The van der Waals surface area contributed by atoms with E-state index in [0.29, 0.717) is 29.8 Å². The minimum absolute atomic E-state index is 0.337. The molecule has 1 amide bonds. The molecule has 0 aliphatic carbocycles. The van der Waals surface area contributed by atoms with Gasteiger partial charge in [0.15, 0.2) is 6.61 Å². The Kier molecular flexibility index (Phi) is 8.92. The molecule has 33 heavy (non-hydrogen) atoms. The van der Waals surface area contributed by atoms with Crippen molar-refractivity contribution in [2.24, 2.45) is 0 Å². The third-order valence-electron chi connectivity index (χ3n) is 4.81. The molecule has 0 heterocycles. The maximum absolute atomic E-state index is 12.6. The van der Waals surface area contributed by atoms with Crippen molar-refractivity contribution in [1.82, 2.24) is 5.32 Å². The third kappa shape index (κ3) is 7.41. The van der Waals surface area contributed by atoms with E-state index in [1.54, 1.807) is 31.4 Å². The van der Waals surface area contributed by atoms with Crippen LogP contribution in [0.4, 0.5) is 0 Å². The lowest BCUT2D eigenvalue weighted by molar-refractivity contribution is -0.124. The number of carbonyl (C=O) groups excluding carboxylic acids is 2. The molecular weight excluding hydrogens is 436 g/mol. The van der Waals surface area contributed by atoms with Gasteiger partial charge in [-0.15, -0.1) is 11.8 Å². The normalized spacial score (nSPS) is 10.2. The molecule has 0 atom stereocenters. The number of methoxy groups -OCH3 is 1. The number of rotatable bonds is 10. The van der Waals surface area contributed by atoms with E-state index < -0.39 is 5.97 Å². The molecule has 0 aromatic heterocycles. The summed E-state index contributed by atoms with van der Waals surface area (Å²) in [4.78, 5) is 25.4. The number of esters is 1. The van der Waals surface area contributed by atoms with Crippen molar-refractivity contribution < 1.29 is 19.1 Å². The number of ether oxygens (including phenoxy) is 2. The van der Waals surface area contributed by atoms with Crippen molar-refractivity contribution in [3.63, 3.8) is 0 Å². The minimum Gasteiger partial charge on any atom is -0.497 e. The lowest BCUT2D eigenvalue weighted by Crippen LogP contribution is -2.30. The average molecular weight is 461 g/mol. The Bertz CT molecular complexity index is 1120. The molecule has 168 valence electrons. The predicted octanol–water partition coefficient (Wildman–Crippen LogP) is 4.37. The lowest BCUT2D eigenvalue weighted by Gasteiger charge is -2.10. The Hall–Kier alpha value is -3.76. The first-order valence-electron chi connectivity index (χ1n) is 10.4. The van der Waals surface area contributed by atoms with Crippen LogP contribution < -0.4 is 10.1 Å². The Labute approximate surface area is 197 Å². The van der Waals surface area contributed by atoms with Crippen LogP contribution in [0.15, 0.2) is 77.7 Å². The van der Waals surface area contributed by atoms with Crippen molar-refractivity contribution in [2.75, 3.05) is 20.3 Å². The summed E-state index contributed by atoms with van der Waals surface area (Å²) < 4.78 is 10.4. The number of nitrogens with zero attached hydrogens (tertiary/aromatic N) is 1. The fourth-order valence-corrected chi connectivity index (χ4v) is 3.99. The second-order valence-electron chi connectivity index (χ2n) is 7.12. The van der Waals surface area contributed by atoms with E-state index in [-0.39, 0.29) is 12.5 Å². The minimum atomic E-state index is -0.539. The zero-order valence-corrected chi connectivity index (χ0v) is 19.1. The fourth-order valence-electron chi connectivity index (χ4n) is 3.00. The first-order valence-corrected chi connectivity index (χ1v) is 11.3. The fraction of sp³-hybridized carbons (Fsp3) is 0.192. The molecule has 3 rings (SSSR count). The van der Waals surface area contributed by atoms with E-state index in [4.69, 9.17) is 14.7 Å². The summed E-state index contributed by atoms with van der Waals surface area (Å²) in [6.07, 6.45) is 0.665. The summed E-state index contributed by atoms with van der Waals surface area (Å²) in [5.74, 6) is 0.537. The molecule has 3 aromatic carbocycles. The van der Waals surface area contributed by atoms with Crippen LogP contribution in [0, 0.1) is 11.3 Å². The monoisotopic (exact) mass is 460 g/mol. The molecule has 0 unspecified atom stereocenters. The summed E-state index contributed by atoms with van der Waals surface area (Å²) in [7, 11) is 1.61. The molecular formula is C26H24N2O4S. The van der Waals surface area contributed by atoms with Crippen LogP contribution in [0.25, 0.3) is 0 Å². The van der Waals surface area contributed by atoms with E-state index in [1.807, 2.05) is 48.5 Å². The first kappa shape index (κ1) is 23.9. The van der Waals surface area contributed by atoms with Crippen LogP contribution in [0.3, 0.4) is 0 Å². The Morgan fingerprint density at radius 3 is 2.36 bits per heavy atom. The third-order valence-corrected chi connectivity index (χ3v) is 5.96. The molecule has 3 aromatic rings. The number of amides is 1. The van der Waals surface area contributed by atoms with Gasteiger partial charge in [0.2, 0.25) is 0 Å². The summed E-state index contributed by atoms with van der Waals surface area (Å²) in [5, 5.41) is 11.7. The van der Waals surface area contributed by atoms with Gasteiger partial charge >= 0.3 is 5.97 Å². The molecule has 0 aliphatic rings. The van der Waals surface area contributed by atoms with E-state index >= 15 is 0 Å². The number of thioether (sulfide) groups is 1. The molecule has 0 radical (unpaired) electrons. The van der Waals surface area contributed by atoms with Gasteiger partial charge in [-0.25, -0.2) is 4.79 Å². The van der Waals surface area contributed by atoms with Gasteiger partial charge < -0.3 is 14.8 Å². The highest BCUT2D eigenvalue weighted by molar-refractivity contribution is 7.98. The van der Waals surface area contributed by atoms with Crippen LogP contribution in [0.1, 0.15) is 27.0 Å². The van der Waals surface area contributed by atoms with E-state index in [2.05, 4.69) is 11.4 Å². The van der Waals surface area contributed by atoms with E-state index in [9.17, 15) is 9.59 Å². The summed E-state index contributed by atoms with van der Waals surface area (Å²) in [5.41, 5.74) is 3.14. The molecule has 0 fully saturated rings. The van der Waals surface area contributed by atoms with Crippen molar-refractivity contribution in [3.05, 3.63) is 95.1 Å². The molecule has 0 saturated carbocycles. The predicted molar refractivity (Wildman–Crippen MR) is 127 cm³/mol. The van der Waals surface area contributed by atoms with Crippen molar-refractivity contribution in [1.29, 1.82) is 5.26 Å².